The molecule has 2 amide bonds. The zero-order valence-electron chi connectivity index (χ0n) is 11.2. The molecule has 0 aliphatic carbocycles. The van der Waals surface area contributed by atoms with Crippen molar-refractivity contribution < 1.29 is 18.0 Å². The van der Waals surface area contributed by atoms with Gasteiger partial charge in [0.25, 0.3) is 0 Å². The van der Waals surface area contributed by atoms with E-state index in [1.807, 2.05) is 0 Å². The molecule has 103 valence electrons. The van der Waals surface area contributed by atoms with Crippen molar-refractivity contribution in [3.05, 3.63) is 23.8 Å². The van der Waals surface area contributed by atoms with E-state index in [0.29, 0.717) is 5.46 Å². The maximum atomic E-state index is 12.8. The van der Waals surface area contributed by atoms with Crippen molar-refractivity contribution in [2.24, 2.45) is 0 Å². The van der Waals surface area contributed by atoms with E-state index in [-0.39, 0.29) is 11.7 Å². The number of nitrogens with zero attached hydrogens (tertiary/aromatic N) is 2. The summed E-state index contributed by atoms with van der Waals surface area (Å²) in [5.74, 6) is 0. The van der Waals surface area contributed by atoms with E-state index in [0.717, 1.165) is 12.1 Å². The summed E-state index contributed by atoms with van der Waals surface area (Å²) >= 11 is 0. The van der Waals surface area contributed by atoms with E-state index < -0.39 is 11.7 Å². The fourth-order valence-electron chi connectivity index (χ4n) is 1.57. The average molecular weight is 271 g/mol. The van der Waals surface area contributed by atoms with Crippen molar-refractivity contribution in [2.45, 2.75) is 13.0 Å². The molecule has 3 nitrogen and oxygen atoms in total. The second kappa shape index (κ2) is 5.55. The zero-order chi connectivity index (χ0) is 14.8. The van der Waals surface area contributed by atoms with E-state index in [1.54, 1.807) is 28.2 Å². The van der Waals surface area contributed by atoms with Crippen molar-refractivity contribution in [3.8, 4) is 0 Å². The molecule has 0 unspecified atom stereocenters. The molecule has 0 atom stereocenters. The van der Waals surface area contributed by atoms with Crippen molar-refractivity contribution in [1.29, 1.82) is 0 Å². The van der Waals surface area contributed by atoms with Gasteiger partial charge in [0.15, 0.2) is 0 Å². The lowest BCUT2D eigenvalue weighted by Crippen LogP contribution is -2.37. The van der Waals surface area contributed by atoms with E-state index in [4.69, 9.17) is 0 Å². The summed E-state index contributed by atoms with van der Waals surface area (Å²) in [5.41, 5.74) is -0.138. The van der Waals surface area contributed by atoms with Gasteiger partial charge in [0.2, 0.25) is 0 Å². The van der Waals surface area contributed by atoms with Gasteiger partial charge < -0.3 is 4.90 Å². The summed E-state index contributed by atoms with van der Waals surface area (Å²) in [7, 11) is 6.09. The Morgan fingerprint density at radius 2 is 1.74 bits per heavy atom. The standard InChI is InChI=1S/C12H15BF3N2O/c1-13-9-5-8(12(14,15)16)6-10(7-9)18(4)11(19)17(2)3/h5-7H,1-4H3. The Morgan fingerprint density at radius 1 is 1.16 bits per heavy atom. The minimum atomic E-state index is -4.43. The van der Waals surface area contributed by atoms with Crippen molar-refractivity contribution in [1.82, 2.24) is 4.90 Å². The van der Waals surface area contributed by atoms with Crippen LogP contribution < -0.4 is 10.4 Å². The lowest BCUT2D eigenvalue weighted by molar-refractivity contribution is -0.137. The molecule has 1 aromatic carbocycles. The lowest BCUT2D eigenvalue weighted by atomic mass is 9.72. The monoisotopic (exact) mass is 271 g/mol. The SMILES string of the molecule is C[B]c1cc(N(C)C(=O)N(C)C)cc(C(F)(F)F)c1. The highest BCUT2D eigenvalue weighted by molar-refractivity contribution is 6.52. The Morgan fingerprint density at radius 3 is 2.16 bits per heavy atom. The van der Waals surface area contributed by atoms with Gasteiger partial charge >= 0.3 is 12.2 Å². The molecule has 0 saturated carbocycles. The number of halogens is 3. The summed E-state index contributed by atoms with van der Waals surface area (Å²) in [4.78, 5) is 14.2. The Balaban J connectivity index is 3.24. The van der Waals surface area contributed by atoms with Crippen LogP contribution in [0.2, 0.25) is 6.82 Å². The van der Waals surface area contributed by atoms with Gasteiger partial charge in [-0.05, 0) is 12.1 Å². The molecule has 0 N–H and O–H groups in total. The van der Waals surface area contributed by atoms with Crippen LogP contribution in [0.15, 0.2) is 18.2 Å². The van der Waals surface area contributed by atoms with Crippen LogP contribution in [-0.4, -0.2) is 39.4 Å². The van der Waals surface area contributed by atoms with Gasteiger partial charge in [-0.1, -0.05) is 18.4 Å². The van der Waals surface area contributed by atoms with Crippen molar-refractivity contribution in [3.63, 3.8) is 0 Å². The molecule has 1 rings (SSSR count). The van der Waals surface area contributed by atoms with Gasteiger partial charge in [0.1, 0.15) is 7.28 Å². The number of amides is 2. The van der Waals surface area contributed by atoms with Crippen molar-refractivity contribution in [2.75, 3.05) is 26.0 Å². The largest absolute Gasteiger partial charge is 0.416 e. The van der Waals surface area contributed by atoms with Gasteiger partial charge in [-0.25, -0.2) is 4.79 Å². The number of carbonyl (C=O) groups excluding carboxylic acids is 1. The van der Waals surface area contributed by atoms with Crippen LogP contribution in [-0.2, 0) is 6.18 Å². The number of hydrogen-bond donors (Lipinski definition) is 0. The van der Waals surface area contributed by atoms with Crippen LogP contribution in [0.4, 0.5) is 23.7 Å². The van der Waals surface area contributed by atoms with E-state index in [1.165, 1.54) is 22.9 Å². The number of urea groups is 1. The minimum Gasteiger partial charge on any atom is -0.330 e. The third-order valence-electron chi connectivity index (χ3n) is 2.66. The van der Waals surface area contributed by atoms with Gasteiger partial charge in [0, 0.05) is 26.8 Å². The number of benzene rings is 1. The molecule has 0 bridgehead atoms. The smallest absolute Gasteiger partial charge is 0.330 e. The number of carbonyl (C=O) groups is 1. The first-order chi connectivity index (χ1) is 8.66. The summed E-state index contributed by atoms with van der Waals surface area (Å²) in [6.07, 6.45) is -4.43. The molecule has 0 saturated heterocycles. The summed E-state index contributed by atoms with van der Waals surface area (Å²) < 4.78 is 38.3. The summed E-state index contributed by atoms with van der Waals surface area (Å²) in [6.45, 7) is 1.65. The molecule has 0 heterocycles. The van der Waals surface area contributed by atoms with Crippen LogP contribution in [0, 0.1) is 0 Å². The molecule has 1 radical (unpaired) electrons. The van der Waals surface area contributed by atoms with Crippen LogP contribution in [0.5, 0.6) is 0 Å². The van der Waals surface area contributed by atoms with Gasteiger partial charge in [-0.15, -0.1) is 0 Å². The van der Waals surface area contributed by atoms with E-state index in [9.17, 15) is 18.0 Å². The molecule has 0 aromatic heterocycles. The lowest BCUT2D eigenvalue weighted by Gasteiger charge is -2.23. The molecule has 19 heavy (non-hydrogen) atoms. The number of hydrogen-bond acceptors (Lipinski definition) is 1. The van der Waals surface area contributed by atoms with Crippen LogP contribution in [0.3, 0.4) is 0 Å². The first-order valence-electron chi connectivity index (χ1n) is 5.63. The fraction of sp³-hybridized carbons (Fsp3) is 0.417. The molecular weight excluding hydrogens is 256 g/mol. The topological polar surface area (TPSA) is 23.6 Å². The van der Waals surface area contributed by atoms with E-state index >= 15 is 0 Å². The predicted molar refractivity (Wildman–Crippen MR) is 70.2 cm³/mol. The Bertz CT molecular complexity index is 475. The number of alkyl halides is 3. The second-order valence-corrected chi connectivity index (χ2v) is 4.34. The highest BCUT2D eigenvalue weighted by Crippen LogP contribution is 2.31. The molecule has 0 spiro atoms. The van der Waals surface area contributed by atoms with Crippen molar-refractivity contribution >= 4 is 24.5 Å². The maximum absolute atomic E-state index is 12.8. The Hall–Kier alpha value is -1.66. The van der Waals surface area contributed by atoms with E-state index in [2.05, 4.69) is 0 Å². The molecule has 1 aromatic rings. The zero-order valence-corrected chi connectivity index (χ0v) is 11.2. The normalized spacial score (nSPS) is 11.1. The van der Waals surface area contributed by atoms with Crippen LogP contribution in [0.1, 0.15) is 5.56 Å². The quantitative estimate of drug-likeness (QED) is 0.756. The molecule has 0 fully saturated rings. The fourth-order valence-corrected chi connectivity index (χ4v) is 1.57. The Kier molecular flexibility index (Phi) is 4.50. The highest BCUT2D eigenvalue weighted by atomic mass is 19.4. The second-order valence-electron chi connectivity index (χ2n) is 4.34. The molecular formula is C12H15BF3N2O. The van der Waals surface area contributed by atoms with Crippen LogP contribution >= 0.6 is 0 Å². The third-order valence-corrected chi connectivity index (χ3v) is 2.66. The number of rotatable bonds is 2. The first kappa shape index (κ1) is 15.4. The molecule has 7 heteroatoms. The van der Waals surface area contributed by atoms with Crippen LogP contribution in [0.25, 0.3) is 0 Å². The third kappa shape index (κ3) is 3.65. The maximum Gasteiger partial charge on any atom is 0.416 e. The van der Waals surface area contributed by atoms with Gasteiger partial charge in [0.05, 0.1) is 5.56 Å². The summed E-state index contributed by atoms with van der Waals surface area (Å²) in [6, 6.07) is 3.17. The van der Waals surface area contributed by atoms with Gasteiger partial charge in [-0.2, -0.15) is 13.2 Å². The molecule has 0 aliphatic heterocycles. The highest BCUT2D eigenvalue weighted by Gasteiger charge is 2.31. The summed E-state index contributed by atoms with van der Waals surface area (Å²) in [5, 5.41) is 0. The van der Waals surface area contributed by atoms with Gasteiger partial charge in [-0.3, -0.25) is 4.90 Å². The predicted octanol–water partition coefficient (Wildman–Crippen LogP) is 2.20. The Labute approximate surface area is 111 Å². The number of anilines is 1. The first-order valence-corrected chi connectivity index (χ1v) is 5.63. The molecule has 0 aliphatic rings. The minimum absolute atomic E-state index is 0.210. The average Bonchev–Trinajstić information content (AvgIpc) is 2.35.